The first-order chi connectivity index (χ1) is 9.41. The maximum absolute atomic E-state index is 13.4. The lowest BCUT2D eigenvalue weighted by atomic mass is 10.2. The first-order valence-corrected chi connectivity index (χ1v) is 5.26. The molecule has 0 atom stereocenters. The van der Waals surface area contributed by atoms with Gasteiger partial charge < -0.3 is 11.1 Å². The number of rotatable bonds is 2. The quantitative estimate of drug-likeness (QED) is 0.658. The van der Waals surface area contributed by atoms with Gasteiger partial charge in [-0.3, -0.25) is 4.79 Å². The highest BCUT2D eigenvalue weighted by Gasteiger charge is 2.22. The van der Waals surface area contributed by atoms with E-state index in [2.05, 4.69) is 4.98 Å². The van der Waals surface area contributed by atoms with Crippen LogP contribution in [0.3, 0.4) is 0 Å². The average molecular weight is 285 g/mol. The number of carbonyl (C=O) groups excluding carboxylic acids is 1. The third-order valence-electron chi connectivity index (χ3n) is 2.40. The molecule has 104 valence electrons. The maximum atomic E-state index is 13.4. The molecule has 0 saturated heterocycles. The number of nitrogens with zero attached hydrogens (tertiary/aromatic N) is 1. The lowest BCUT2D eigenvalue weighted by Gasteiger charge is -2.09. The standard InChI is InChI=1S/C12H7F4N3O/c13-5-4-6(14)9(16)11(8(5)15)19-12(20)10-7(17)2-1-3-18-10/h1-4H,17H2,(H,19,20). The van der Waals surface area contributed by atoms with Gasteiger partial charge in [0.25, 0.3) is 5.91 Å². The molecule has 0 radical (unpaired) electrons. The van der Waals surface area contributed by atoms with Crippen molar-refractivity contribution >= 4 is 17.3 Å². The summed E-state index contributed by atoms with van der Waals surface area (Å²) in [6.45, 7) is 0. The molecule has 0 aliphatic heterocycles. The van der Waals surface area contributed by atoms with Crippen molar-refractivity contribution in [2.45, 2.75) is 0 Å². The molecule has 0 fully saturated rings. The molecule has 0 unspecified atom stereocenters. The highest BCUT2D eigenvalue weighted by Crippen LogP contribution is 2.24. The van der Waals surface area contributed by atoms with Crippen LogP contribution < -0.4 is 11.1 Å². The van der Waals surface area contributed by atoms with Gasteiger partial charge in [-0.05, 0) is 12.1 Å². The summed E-state index contributed by atoms with van der Waals surface area (Å²) in [5, 5.41) is 1.71. The van der Waals surface area contributed by atoms with E-state index in [1.54, 1.807) is 5.32 Å². The lowest BCUT2D eigenvalue weighted by molar-refractivity contribution is 0.102. The van der Waals surface area contributed by atoms with Crippen LogP contribution in [0.15, 0.2) is 24.4 Å². The van der Waals surface area contributed by atoms with Crippen LogP contribution in [-0.4, -0.2) is 10.9 Å². The van der Waals surface area contributed by atoms with Crippen LogP contribution in [0.1, 0.15) is 10.5 Å². The zero-order chi connectivity index (χ0) is 14.9. The zero-order valence-corrected chi connectivity index (χ0v) is 9.75. The van der Waals surface area contributed by atoms with Gasteiger partial charge in [-0.1, -0.05) is 0 Å². The van der Waals surface area contributed by atoms with Crippen molar-refractivity contribution in [1.29, 1.82) is 0 Å². The van der Waals surface area contributed by atoms with Crippen LogP contribution in [0.4, 0.5) is 28.9 Å². The second kappa shape index (κ2) is 5.16. The number of carbonyl (C=O) groups is 1. The number of nitrogen functional groups attached to an aromatic ring is 1. The molecule has 3 N–H and O–H groups in total. The third kappa shape index (κ3) is 2.40. The summed E-state index contributed by atoms with van der Waals surface area (Å²) in [6.07, 6.45) is 1.23. The molecule has 2 rings (SSSR count). The number of benzene rings is 1. The predicted octanol–water partition coefficient (Wildman–Crippen LogP) is 2.47. The van der Waals surface area contributed by atoms with Crippen LogP contribution in [0.5, 0.6) is 0 Å². The molecule has 1 amide bonds. The fraction of sp³-hybridized carbons (Fsp3) is 0. The number of aromatic nitrogens is 1. The smallest absolute Gasteiger partial charge is 0.276 e. The van der Waals surface area contributed by atoms with E-state index in [-0.39, 0.29) is 17.4 Å². The first-order valence-electron chi connectivity index (χ1n) is 5.26. The number of hydrogen-bond donors (Lipinski definition) is 2. The van der Waals surface area contributed by atoms with E-state index < -0.39 is 34.9 Å². The average Bonchev–Trinajstić information content (AvgIpc) is 2.41. The first kappa shape index (κ1) is 13.8. The van der Waals surface area contributed by atoms with Gasteiger partial charge in [-0.2, -0.15) is 0 Å². The minimum absolute atomic E-state index is 0.0372. The Labute approximate surface area is 110 Å². The van der Waals surface area contributed by atoms with Crippen LogP contribution in [0.2, 0.25) is 0 Å². The molecule has 1 aromatic carbocycles. The fourth-order valence-corrected chi connectivity index (χ4v) is 1.46. The molecule has 2 aromatic rings. The monoisotopic (exact) mass is 285 g/mol. The molecule has 20 heavy (non-hydrogen) atoms. The summed E-state index contributed by atoms with van der Waals surface area (Å²) in [4.78, 5) is 15.3. The summed E-state index contributed by atoms with van der Waals surface area (Å²) < 4.78 is 52.7. The van der Waals surface area contributed by atoms with Crippen molar-refractivity contribution in [1.82, 2.24) is 4.98 Å². The van der Waals surface area contributed by atoms with Gasteiger partial charge in [0.15, 0.2) is 29.0 Å². The number of nitrogens with one attached hydrogen (secondary N) is 1. The summed E-state index contributed by atoms with van der Waals surface area (Å²) in [7, 11) is 0. The minimum atomic E-state index is -1.72. The molecular weight excluding hydrogens is 278 g/mol. The third-order valence-corrected chi connectivity index (χ3v) is 2.40. The maximum Gasteiger partial charge on any atom is 0.276 e. The predicted molar refractivity (Wildman–Crippen MR) is 62.9 cm³/mol. The topological polar surface area (TPSA) is 68.0 Å². The van der Waals surface area contributed by atoms with E-state index in [9.17, 15) is 22.4 Å². The van der Waals surface area contributed by atoms with Crippen molar-refractivity contribution < 1.29 is 22.4 Å². The minimum Gasteiger partial charge on any atom is -0.397 e. The molecule has 1 heterocycles. The van der Waals surface area contributed by atoms with Gasteiger partial charge in [0, 0.05) is 12.3 Å². The van der Waals surface area contributed by atoms with E-state index in [1.165, 1.54) is 18.3 Å². The van der Waals surface area contributed by atoms with Crippen LogP contribution in [0, 0.1) is 23.3 Å². The van der Waals surface area contributed by atoms with Crippen molar-refractivity contribution in [2.75, 3.05) is 11.1 Å². The Morgan fingerprint density at radius 1 is 1.15 bits per heavy atom. The van der Waals surface area contributed by atoms with E-state index in [4.69, 9.17) is 5.73 Å². The highest BCUT2D eigenvalue weighted by molar-refractivity contribution is 6.06. The molecular formula is C12H7F4N3O. The van der Waals surface area contributed by atoms with Gasteiger partial charge in [-0.25, -0.2) is 22.5 Å². The van der Waals surface area contributed by atoms with Gasteiger partial charge >= 0.3 is 0 Å². The van der Waals surface area contributed by atoms with Crippen molar-refractivity contribution in [3.05, 3.63) is 53.4 Å². The number of halogens is 4. The molecule has 0 saturated carbocycles. The molecule has 0 aliphatic rings. The summed E-state index contributed by atoms with van der Waals surface area (Å²) in [6, 6.07) is 2.81. The SMILES string of the molecule is Nc1cccnc1C(=O)Nc1c(F)c(F)cc(F)c1F. The second-order valence-electron chi connectivity index (χ2n) is 3.74. The van der Waals surface area contributed by atoms with E-state index in [0.717, 1.165) is 0 Å². The summed E-state index contributed by atoms with van der Waals surface area (Å²) in [5.74, 6) is -7.79. The Hall–Kier alpha value is -2.64. The molecule has 0 spiro atoms. The van der Waals surface area contributed by atoms with Gasteiger partial charge in [0.05, 0.1) is 5.69 Å². The zero-order valence-electron chi connectivity index (χ0n) is 9.75. The number of amides is 1. The van der Waals surface area contributed by atoms with E-state index in [0.29, 0.717) is 0 Å². The fourth-order valence-electron chi connectivity index (χ4n) is 1.46. The largest absolute Gasteiger partial charge is 0.397 e. The van der Waals surface area contributed by atoms with Crippen LogP contribution in [-0.2, 0) is 0 Å². The number of pyridine rings is 1. The Balaban J connectivity index is 2.41. The van der Waals surface area contributed by atoms with Crippen LogP contribution in [0.25, 0.3) is 0 Å². The van der Waals surface area contributed by atoms with Gasteiger partial charge in [0.2, 0.25) is 0 Å². The van der Waals surface area contributed by atoms with E-state index in [1.807, 2.05) is 0 Å². The Bertz CT molecular complexity index is 664. The number of anilines is 2. The summed E-state index contributed by atoms with van der Waals surface area (Å²) >= 11 is 0. The molecule has 0 bridgehead atoms. The van der Waals surface area contributed by atoms with E-state index >= 15 is 0 Å². The Morgan fingerprint density at radius 2 is 1.75 bits per heavy atom. The molecule has 4 nitrogen and oxygen atoms in total. The van der Waals surface area contributed by atoms with Gasteiger partial charge in [-0.15, -0.1) is 0 Å². The van der Waals surface area contributed by atoms with Gasteiger partial charge in [0.1, 0.15) is 5.69 Å². The lowest BCUT2D eigenvalue weighted by Crippen LogP contribution is -2.18. The van der Waals surface area contributed by atoms with Crippen molar-refractivity contribution in [3.63, 3.8) is 0 Å². The number of hydrogen-bond acceptors (Lipinski definition) is 3. The Morgan fingerprint density at radius 3 is 2.30 bits per heavy atom. The Kier molecular flexibility index (Phi) is 3.55. The molecule has 0 aliphatic carbocycles. The molecule has 8 heteroatoms. The highest BCUT2D eigenvalue weighted by atomic mass is 19.2. The second-order valence-corrected chi connectivity index (χ2v) is 3.74. The molecule has 1 aromatic heterocycles. The van der Waals surface area contributed by atoms with Crippen molar-refractivity contribution in [3.8, 4) is 0 Å². The number of nitrogens with two attached hydrogens (primary N) is 1. The van der Waals surface area contributed by atoms with Crippen molar-refractivity contribution in [2.24, 2.45) is 0 Å². The normalized spacial score (nSPS) is 10.4. The van der Waals surface area contributed by atoms with Crippen LogP contribution >= 0.6 is 0 Å². The summed E-state index contributed by atoms with van der Waals surface area (Å²) in [5.41, 5.74) is 3.84.